The molecule has 136 valence electrons. The van der Waals surface area contributed by atoms with Gasteiger partial charge in [0, 0.05) is 36.6 Å². The SMILES string of the molecule is O=C(O)n1ccc2cc(Oc3cc(CNCc4ncc[nH]4)ncn3)ccc21. The zero-order valence-corrected chi connectivity index (χ0v) is 14.2. The lowest BCUT2D eigenvalue weighted by Crippen LogP contribution is -2.14. The van der Waals surface area contributed by atoms with E-state index in [-0.39, 0.29) is 0 Å². The summed E-state index contributed by atoms with van der Waals surface area (Å²) < 4.78 is 6.95. The van der Waals surface area contributed by atoms with Gasteiger partial charge >= 0.3 is 6.09 Å². The molecule has 9 heteroatoms. The molecule has 1 aromatic carbocycles. The molecule has 3 N–H and O–H groups in total. The van der Waals surface area contributed by atoms with E-state index in [1.165, 1.54) is 12.5 Å². The van der Waals surface area contributed by atoms with E-state index in [0.717, 1.165) is 21.5 Å². The van der Waals surface area contributed by atoms with Crippen LogP contribution in [0.3, 0.4) is 0 Å². The Morgan fingerprint density at radius 1 is 1.19 bits per heavy atom. The molecule has 0 fully saturated rings. The molecular formula is C18H16N6O3. The summed E-state index contributed by atoms with van der Waals surface area (Å²) in [6.45, 7) is 1.14. The molecule has 0 radical (unpaired) electrons. The van der Waals surface area contributed by atoms with Gasteiger partial charge in [-0.15, -0.1) is 0 Å². The molecule has 0 saturated heterocycles. The zero-order valence-electron chi connectivity index (χ0n) is 14.2. The number of fused-ring (bicyclic) bond motifs is 1. The minimum Gasteiger partial charge on any atom is -0.464 e. The van der Waals surface area contributed by atoms with Crippen LogP contribution in [0.4, 0.5) is 4.79 Å². The highest BCUT2D eigenvalue weighted by atomic mass is 16.5. The summed E-state index contributed by atoms with van der Waals surface area (Å²) in [6.07, 6.45) is 5.40. The van der Waals surface area contributed by atoms with Crippen molar-refractivity contribution in [2.24, 2.45) is 0 Å². The van der Waals surface area contributed by atoms with Crippen molar-refractivity contribution >= 4 is 17.0 Å². The van der Waals surface area contributed by atoms with E-state index in [2.05, 4.69) is 25.3 Å². The first-order chi connectivity index (χ1) is 13.2. The number of H-pyrrole nitrogens is 1. The van der Waals surface area contributed by atoms with Gasteiger partial charge in [-0.1, -0.05) is 0 Å². The zero-order chi connectivity index (χ0) is 18.6. The van der Waals surface area contributed by atoms with Crippen LogP contribution in [0.5, 0.6) is 11.6 Å². The Bertz CT molecular complexity index is 1070. The van der Waals surface area contributed by atoms with E-state index in [4.69, 9.17) is 9.84 Å². The second kappa shape index (κ2) is 7.26. The number of aromatic amines is 1. The monoisotopic (exact) mass is 364 g/mol. The third-order valence-corrected chi connectivity index (χ3v) is 3.94. The van der Waals surface area contributed by atoms with E-state index in [1.54, 1.807) is 42.7 Å². The van der Waals surface area contributed by atoms with Crippen LogP contribution in [0.15, 0.2) is 55.2 Å². The molecule has 0 amide bonds. The highest BCUT2D eigenvalue weighted by molar-refractivity contribution is 5.89. The molecule has 4 aromatic rings. The number of benzene rings is 1. The van der Waals surface area contributed by atoms with Crippen molar-refractivity contribution in [2.45, 2.75) is 13.1 Å². The maximum absolute atomic E-state index is 11.2. The second-order valence-corrected chi connectivity index (χ2v) is 5.78. The Balaban J connectivity index is 1.44. The first kappa shape index (κ1) is 16.7. The fourth-order valence-electron chi connectivity index (χ4n) is 2.70. The molecule has 3 aromatic heterocycles. The summed E-state index contributed by atoms with van der Waals surface area (Å²) in [5.74, 6) is 1.83. The quantitative estimate of drug-likeness (QED) is 0.481. The van der Waals surface area contributed by atoms with Gasteiger partial charge in [-0.25, -0.2) is 19.7 Å². The number of hydrogen-bond acceptors (Lipinski definition) is 6. The van der Waals surface area contributed by atoms with Crippen LogP contribution < -0.4 is 10.1 Å². The molecule has 0 aliphatic rings. The van der Waals surface area contributed by atoms with E-state index < -0.39 is 6.09 Å². The van der Waals surface area contributed by atoms with Crippen LogP contribution in [0.1, 0.15) is 11.5 Å². The number of carboxylic acid groups (broad SMARTS) is 1. The lowest BCUT2D eigenvalue weighted by atomic mass is 10.2. The van der Waals surface area contributed by atoms with Crippen molar-refractivity contribution in [2.75, 3.05) is 0 Å². The minimum atomic E-state index is -1.03. The van der Waals surface area contributed by atoms with Crippen molar-refractivity contribution in [1.29, 1.82) is 0 Å². The summed E-state index contributed by atoms with van der Waals surface area (Å²) >= 11 is 0. The summed E-state index contributed by atoms with van der Waals surface area (Å²) in [5, 5.41) is 13.1. The average molecular weight is 364 g/mol. The van der Waals surface area contributed by atoms with Crippen LogP contribution in [-0.4, -0.2) is 35.7 Å². The highest BCUT2D eigenvalue weighted by Crippen LogP contribution is 2.25. The molecule has 0 aliphatic carbocycles. The predicted octanol–water partition coefficient (Wildman–Crippen LogP) is 2.76. The van der Waals surface area contributed by atoms with Crippen molar-refractivity contribution in [3.05, 3.63) is 66.8 Å². The van der Waals surface area contributed by atoms with Gasteiger partial charge in [-0.3, -0.25) is 4.57 Å². The number of nitrogens with one attached hydrogen (secondary N) is 2. The average Bonchev–Trinajstić information content (AvgIpc) is 3.31. The first-order valence-corrected chi connectivity index (χ1v) is 8.21. The fraction of sp³-hybridized carbons (Fsp3) is 0.111. The predicted molar refractivity (Wildman–Crippen MR) is 96.6 cm³/mol. The maximum Gasteiger partial charge on any atom is 0.415 e. The normalized spacial score (nSPS) is 11.0. The Morgan fingerprint density at radius 2 is 2.11 bits per heavy atom. The van der Waals surface area contributed by atoms with Crippen LogP contribution in [0, 0.1) is 0 Å². The van der Waals surface area contributed by atoms with Crippen molar-refractivity contribution in [3.63, 3.8) is 0 Å². The molecule has 0 aliphatic heterocycles. The number of hydrogen-bond donors (Lipinski definition) is 3. The van der Waals surface area contributed by atoms with Gasteiger partial charge in [-0.2, -0.15) is 0 Å². The van der Waals surface area contributed by atoms with E-state index in [9.17, 15) is 4.79 Å². The Kier molecular flexibility index (Phi) is 4.50. The van der Waals surface area contributed by atoms with Crippen LogP contribution >= 0.6 is 0 Å². The minimum absolute atomic E-state index is 0.414. The van der Waals surface area contributed by atoms with Gasteiger partial charge in [0.15, 0.2) is 0 Å². The largest absolute Gasteiger partial charge is 0.464 e. The fourth-order valence-corrected chi connectivity index (χ4v) is 2.70. The third-order valence-electron chi connectivity index (χ3n) is 3.94. The number of aromatic nitrogens is 5. The van der Waals surface area contributed by atoms with Gasteiger partial charge in [0.2, 0.25) is 5.88 Å². The van der Waals surface area contributed by atoms with Gasteiger partial charge in [0.1, 0.15) is 17.9 Å². The summed E-state index contributed by atoms with van der Waals surface area (Å²) in [6, 6.07) is 8.65. The maximum atomic E-state index is 11.2. The van der Waals surface area contributed by atoms with Gasteiger partial charge in [0.05, 0.1) is 17.8 Å². The Morgan fingerprint density at radius 3 is 2.93 bits per heavy atom. The van der Waals surface area contributed by atoms with Crippen molar-refractivity contribution in [1.82, 2.24) is 29.8 Å². The Hall–Kier alpha value is -3.72. The second-order valence-electron chi connectivity index (χ2n) is 5.78. The molecule has 3 heterocycles. The van der Waals surface area contributed by atoms with E-state index in [1.807, 2.05) is 0 Å². The topological polar surface area (TPSA) is 118 Å². The van der Waals surface area contributed by atoms with Crippen molar-refractivity contribution in [3.8, 4) is 11.6 Å². The van der Waals surface area contributed by atoms with E-state index >= 15 is 0 Å². The molecule has 9 nitrogen and oxygen atoms in total. The van der Waals surface area contributed by atoms with Crippen molar-refractivity contribution < 1.29 is 14.6 Å². The summed E-state index contributed by atoms with van der Waals surface area (Å²) in [4.78, 5) is 26.7. The third kappa shape index (κ3) is 3.77. The number of nitrogens with zero attached hydrogens (tertiary/aromatic N) is 4. The summed E-state index contributed by atoms with van der Waals surface area (Å²) in [7, 11) is 0. The van der Waals surface area contributed by atoms with Gasteiger partial charge in [0.25, 0.3) is 0 Å². The standard InChI is InChI=1S/C18H16N6O3/c25-18(26)24-6-3-12-7-14(1-2-15(12)24)27-17-8-13(22-11-23-17)9-19-10-16-20-4-5-21-16/h1-8,11,19H,9-10H2,(H,20,21)(H,25,26). The lowest BCUT2D eigenvalue weighted by Gasteiger charge is -2.07. The lowest BCUT2D eigenvalue weighted by molar-refractivity contribution is 0.197. The molecular weight excluding hydrogens is 348 g/mol. The number of imidazole rings is 1. The molecule has 0 unspecified atom stereocenters. The molecule has 4 rings (SSSR count). The first-order valence-electron chi connectivity index (χ1n) is 8.21. The number of carbonyl (C=O) groups is 1. The van der Waals surface area contributed by atoms with E-state index in [0.29, 0.717) is 30.2 Å². The smallest absolute Gasteiger partial charge is 0.415 e. The number of rotatable bonds is 6. The Labute approximate surface area is 153 Å². The molecule has 0 saturated carbocycles. The molecule has 0 atom stereocenters. The van der Waals surface area contributed by atoms with Crippen LogP contribution in [0.25, 0.3) is 10.9 Å². The van der Waals surface area contributed by atoms with Crippen LogP contribution in [0.2, 0.25) is 0 Å². The van der Waals surface area contributed by atoms with Gasteiger partial charge < -0.3 is 20.1 Å². The van der Waals surface area contributed by atoms with Gasteiger partial charge in [-0.05, 0) is 24.3 Å². The molecule has 27 heavy (non-hydrogen) atoms. The number of ether oxygens (including phenoxy) is 1. The highest BCUT2D eigenvalue weighted by Gasteiger charge is 2.09. The molecule has 0 bridgehead atoms. The summed E-state index contributed by atoms with van der Waals surface area (Å²) in [5.41, 5.74) is 1.38. The van der Waals surface area contributed by atoms with Crippen LogP contribution in [-0.2, 0) is 13.1 Å². The molecule has 0 spiro atoms.